The van der Waals surface area contributed by atoms with Crippen LogP contribution < -0.4 is 4.74 Å². The molecule has 4 nitrogen and oxygen atoms in total. The summed E-state index contributed by atoms with van der Waals surface area (Å²) in [6.45, 7) is 5.36. The summed E-state index contributed by atoms with van der Waals surface area (Å²) in [5, 5.41) is 8.68. The molecule has 0 aliphatic heterocycles. The van der Waals surface area contributed by atoms with Gasteiger partial charge in [0.05, 0.1) is 11.8 Å². The topological polar surface area (TPSA) is 59.4 Å². The van der Waals surface area contributed by atoms with Crippen molar-refractivity contribution in [1.29, 1.82) is 0 Å². The zero-order chi connectivity index (χ0) is 10.6. The molecule has 1 unspecified atom stereocenters. The average molecular weight is 193 g/mol. The Kier molecular flexibility index (Phi) is 3.23. The van der Waals surface area contributed by atoms with Gasteiger partial charge in [0.25, 0.3) is 0 Å². The van der Waals surface area contributed by atoms with Crippen LogP contribution in [0.5, 0.6) is 5.75 Å². The molecule has 0 aliphatic carbocycles. The first-order valence-electron chi connectivity index (χ1n) is 4.11. The standard InChI is InChI=1S/C10H11NO3/c1-3-7(2)14-9-4-8(10(12)13)5-11-6-9/h3-7H,1H2,2H3,(H,12,13). The van der Waals surface area contributed by atoms with Crippen molar-refractivity contribution in [2.75, 3.05) is 0 Å². The van der Waals surface area contributed by atoms with Gasteiger partial charge in [-0.2, -0.15) is 0 Å². The molecule has 0 aliphatic rings. The number of carboxylic acids is 1. The van der Waals surface area contributed by atoms with Crippen LogP contribution in [0, 0.1) is 0 Å². The highest BCUT2D eigenvalue weighted by atomic mass is 16.5. The Bertz CT molecular complexity index is 349. The lowest BCUT2D eigenvalue weighted by Crippen LogP contribution is -2.08. The lowest BCUT2D eigenvalue weighted by molar-refractivity contribution is 0.0695. The molecule has 74 valence electrons. The van der Waals surface area contributed by atoms with Crippen molar-refractivity contribution >= 4 is 5.97 Å². The fraction of sp³-hybridized carbons (Fsp3) is 0.200. The van der Waals surface area contributed by atoms with Gasteiger partial charge in [0.1, 0.15) is 11.9 Å². The molecule has 0 saturated carbocycles. The van der Waals surface area contributed by atoms with Crippen LogP contribution in [0.1, 0.15) is 17.3 Å². The molecule has 1 atom stereocenters. The van der Waals surface area contributed by atoms with Crippen molar-refractivity contribution in [3.8, 4) is 5.75 Å². The number of pyridine rings is 1. The molecule has 0 fully saturated rings. The average Bonchev–Trinajstić information content (AvgIpc) is 2.18. The van der Waals surface area contributed by atoms with Crippen molar-refractivity contribution in [2.45, 2.75) is 13.0 Å². The SMILES string of the molecule is C=CC(C)Oc1cncc(C(=O)O)c1. The van der Waals surface area contributed by atoms with Crippen molar-refractivity contribution in [2.24, 2.45) is 0 Å². The highest BCUT2D eigenvalue weighted by Gasteiger charge is 2.05. The van der Waals surface area contributed by atoms with Gasteiger partial charge in [0, 0.05) is 6.20 Å². The normalized spacial score (nSPS) is 11.8. The number of aromatic carboxylic acids is 1. The molecule has 14 heavy (non-hydrogen) atoms. The maximum Gasteiger partial charge on any atom is 0.337 e. The monoisotopic (exact) mass is 193 g/mol. The predicted octanol–water partition coefficient (Wildman–Crippen LogP) is 1.73. The molecule has 0 radical (unpaired) electrons. The lowest BCUT2D eigenvalue weighted by atomic mass is 10.3. The Hall–Kier alpha value is -1.84. The highest BCUT2D eigenvalue weighted by molar-refractivity contribution is 5.87. The van der Waals surface area contributed by atoms with Crippen LogP contribution in [-0.2, 0) is 0 Å². The summed E-state index contributed by atoms with van der Waals surface area (Å²) in [6, 6.07) is 1.43. The third-order valence-electron chi connectivity index (χ3n) is 1.61. The number of carbonyl (C=O) groups is 1. The van der Waals surface area contributed by atoms with E-state index in [2.05, 4.69) is 11.6 Å². The number of ether oxygens (including phenoxy) is 1. The Balaban J connectivity index is 2.83. The molecule has 1 aromatic rings. The van der Waals surface area contributed by atoms with E-state index >= 15 is 0 Å². The minimum atomic E-state index is -1.02. The van der Waals surface area contributed by atoms with Gasteiger partial charge in [-0.25, -0.2) is 4.79 Å². The fourth-order valence-corrected chi connectivity index (χ4v) is 0.863. The summed E-state index contributed by atoms with van der Waals surface area (Å²) in [5.74, 6) is -0.591. The molecule has 1 rings (SSSR count). The maximum absolute atomic E-state index is 10.6. The smallest absolute Gasteiger partial charge is 0.337 e. The molecule has 1 N–H and O–H groups in total. The number of hydrogen-bond acceptors (Lipinski definition) is 3. The number of aromatic nitrogens is 1. The maximum atomic E-state index is 10.6. The zero-order valence-corrected chi connectivity index (χ0v) is 7.80. The predicted molar refractivity (Wildman–Crippen MR) is 51.5 cm³/mol. The second-order valence-electron chi connectivity index (χ2n) is 2.77. The van der Waals surface area contributed by atoms with Gasteiger partial charge in [0.2, 0.25) is 0 Å². The van der Waals surface area contributed by atoms with E-state index in [1.54, 1.807) is 13.0 Å². The second kappa shape index (κ2) is 4.41. The summed E-state index contributed by atoms with van der Waals surface area (Å²) >= 11 is 0. The molecule has 1 heterocycles. The van der Waals surface area contributed by atoms with Crippen LogP contribution in [-0.4, -0.2) is 22.2 Å². The van der Waals surface area contributed by atoms with E-state index in [-0.39, 0.29) is 11.7 Å². The van der Waals surface area contributed by atoms with Crippen molar-refractivity contribution in [1.82, 2.24) is 4.98 Å². The van der Waals surface area contributed by atoms with Crippen LogP contribution >= 0.6 is 0 Å². The highest BCUT2D eigenvalue weighted by Crippen LogP contribution is 2.13. The first-order valence-corrected chi connectivity index (χ1v) is 4.11. The Labute approximate surface area is 81.9 Å². The number of nitrogens with zero attached hydrogens (tertiary/aromatic N) is 1. The van der Waals surface area contributed by atoms with E-state index in [0.29, 0.717) is 5.75 Å². The molecular weight excluding hydrogens is 182 g/mol. The molecule has 0 amide bonds. The van der Waals surface area contributed by atoms with Gasteiger partial charge in [-0.3, -0.25) is 4.98 Å². The fourth-order valence-electron chi connectivity index (χ4n) is 0.863. The van der Waals surface area contributed by atoms with E-state index < -0.39 is 5.97 Å². The first kappa shape index (κ1) is 10.2. The van der Waals surface area contributed by atoms with E-state index in [1.807, 2.05) is 0 Å². The Morgan fingerprint density at radius 2 is 2.43 bits per heavy atom. The third-order valence-corrected chi connectivity index (χ3v) is 1.61. The molecule has 0 saturated heterocycles. The zero-order valence-electron chi connectivity index (χ0n) is 7.80. The summed E-state index contributed by atoms with van der Waals surface area (Å²) < 4.78 is 5.31. The van der Waals surface area contributed by atoms with Crippen LogP contribution in [0.2, 0.25) is 0 Å². The molecule has 0 spiro atoms. The van der Waals surface area contributed by atoms with E-state index in [9.17, 15) is 4.79 Å². The van der Waals surface area contributed by atoms with Crippen LogP contribution in [0.4, 0.5) is 0 Å². The van der Waals surface area contributed by atoms with Crippen LogP contribution in [0.25, 0.3) is 0 Å². The quantitative estimate of drug-likeness (QED) is 0.740. The largest absolute Gasteiger partial charge is 0.485 e. The van der Waals surface area contributed by atoms with Crippen molar-refractivity contribution < 1.29 is 14.6 Å². The van der Waals surface area contributed by atoms with E-state index in [4.69, 9.17) is 9.84 Å². The molecule has 0 bridgehead atoms. The first-order chi connectivity index (χ1) is 6.63. The van der Waals surface area contributed by atoms with Gasteiger partial charge >= 0.3 is 5.97 Å². The van der Waals surface area contributed by atoms with Gasteiger partial charge < -0.3 is 9.84 Å². The van der Waals surface area contributed by atoms with Gasteiger partial charge in [-0.15, -0.1) is 0 Å². The van der Waals surface area contributed by atoms with Gasteiger partial charge in [0.15, 0.2) is 0 Å². The molecule has 1 aromatic heterocycles. The number of rotatable bonds is 4. The van der Waals surface area contributed by atoms with Crippen molar-refractivity contribution in [3.05, 3.63) is 36.7 Å². The number of hydrogen-bond donors (Lipinski definition) is 1. The van der Waals surface area contributed by atoms with Crippen LogP contribution in [0.3, 0.4) is 0 Å². The van der Waals surface area contributed by atoms with Gasteiger partial charge in [-0.05, 0) is 13.0 Å². The molecule has 4 heteroatoms. The van der Waals surface area contributed by atoms with Crippen molar-refractivity contribution in [3.63, 3.8) is 0 Å². The molecular formula is C10H11NO3. The van der Waals surface area contributed by atoms with E-state index in [1.165, 1.54) is 18.5 Å². The Morgan fingerprint density at radius 3 is 3.00 bits per heavy atom. The minimum Gasteiger partial charge on any atom is -0.485 e. The summed E-state index contributed by atoms with van der Waals surface area (Å²) in [5.41, 5.74) is 0.110. The number of carboxylic acid groups (broad SMARTS) is 1. The van der Waals surface area contributed by atoms with Crippen LogP contribution in [0.15, 0.2) is 31.1 Å². The summed E-state index contributed by atoms with van der Waals surface area (Å²) in [4.78, 5) is 14.3. The van der Waals surface area contributed by atoms with E-state index in [0.717, 1.165) is 0 Å². The third kappa shape index (κ3) is 2.58. The lowest BCUT2D eigenvalue weighted by Gasteiger charge is -2.09. The minimum absolute atomic E-state index is 0.110. The summed E-state index contributed by atoms with van der Waals surface area (Å²) in [6.07, 6.45) is 4.19. The molecule has 0 aromatic carbocycles. The summed E-state index contributed by atoms with van der Waals surface area (Å²) in [7, 11) is 0. The Morgan fingerprint density at radius 1 is 1.71 bits per heavy atom. The van der Waals surface area contributed by atoms with Gasteiger partial charge in [-0.1, -0.05) is 12.7 Å². The second-order valence-corrected chi connectivity index (χ2v) is 2.77.